The van der Waals surface area contributed by atoms with Gasteiger partial charge in [0.05, 0.1) is 13.2 Å². The Morgan fingerprint density at radius 1 is 1.33 bits per heavy atom. The average molecular weight is 306 g/mol. The lowest BCUT2D eigenvalue weighted by Gasteiger charge is -2.31. The van der Waals surface area contributed by atoms with Crippen LogP contribution >= 0.6 is 0 Å². The number of fused-ring (bicyclic) bond motifs is 1. The first kappa shape index (κ1) is 15.9. The van der Waals surface area contributed by atoms with E-state index in [-0.39, 0.29) is 18.4 Å². The average Bonchev–Trinajstić information content (AvgIpc) is 2.95. The number of likely N-dealkylation sites (tertiary alicyclic amines) is 1. The van der Waals surface area contributed by atoms with Crippen LogP contribution in [-0.4, -0.2) is 70.7 Å². The van der Waals surface area contributed by atoms with Gasteiger partial charge in [0, 0.05) is 13.1 Å². The van der Waals surface area contributed by atoms with Crippen molar-refractivity contribution in [2.45, 2.75) is 31.7 Å². The van der Waals surface area contributed by atoms with Crippen LogP contribution in [-0.2, 0) is 4.79 Å². The minimum Gasteiger partial charge on any atom is -0.480 e. The SMILES string of the molecule is O=C(O)C1C2CCCC2CN1C(=O)N(CCO)CC(F)F. The number of urea groups is 1. The largest absolute Gasteiger partial charge is 0.480 e. The summed E-state index contributed by atoms with van der Waals surface area (Å²) in [5, 5.41) is 18.3. The standard InChI is InChI=1S/C13H20F2N2O4/c14-10(15)7-16(4-5-18)13(21)17-6-8-2-1-3-9(8)11(17)12(19)20/h8-11,18H,1-7H2,(H,19,20). The van der Waals surface area contributed by atoms with Crippen LogP contribution in [0.1, 0.15) is 19.3 Å². The molecule has 21 heavy (non-hydrogen) atoms. The van der Waals surface area contributed by atoms with E-state index in [2.05, 4.69) is 0 Å². The van der Waals surface area contributed by atoms with Crippen LogP contribution in [0.15, 0.2) is 0 Å². The summed E-state index contributed by atoms with van der Waals surface area (Å²) < 4.78 is 25.1. The highest BCUT2D eigenvalue weighted by atomic mass is 19.3. The molecule has 0 bridgehead atoms. The van der Waals surface area contributed by atoms with Crippen molar-refractivity contribution in [1.82, 2.24) is 9.80 Å². The van der Waals surface area contributed by atoms with E-state index in [1.807, 2.05) is 0 Å². The van der Waals surface area contributed by atoms with Crippen LogP contribution in [0.25, 0.3) is 0 Å². The molecule has 2 rings (SSSR count). The number of hydrogen-bond acceptors (Lipinski definition) is 3. The molecule has 1 heterocycles. The van der Waals surface area contributed by atoms with Crippen LogP contribution in [0.4, 0.5) is 13.6 Å². The molecule has 1 saturated heterocycles. The van der Waals surface area contributed by atoms with Crippen LogP contribution in [0.2, 0.25) is 0 Å². The molecule has 0 aromatic carbocycles. The van der Waals surface area contributed by atoms with Gasteiger partial charge in [-0.15, -0.1) is 0 Å². The van der Waals surface area contributed by atoms with Gasteiger partial charge in [-0.05, 0) is 24.7 Å². The third-order valence-corrected chi connectivity index (χ3v) is 4.39. The monoisotopic (exact) mass is 306 g/mol. The van der Waals surface area contributed by atoms with Gasteiger partial charge in [0.25, 0.3) is 6.43 Å². The summed E-state index contributed by atoms with van der Waals surface area (Å²) in [5.41, 5.74) is 0. The van der Waals surface area contributed by atoms with Crippen LogP contribution in [0.5, 0.6) is 0 Å². The minimum atomic E-state index is -2.72. The summed E-state index contributed by atoms with van der Waals surface area (Å²) in [6, 6.07) is -1.66. The highest BCUT2D eigenvalue weighted by molar-refractivity contribution is 5.84. The van der Waals surface area contributed by atoms with Crippen LogP contribution in [0, 0.1) is 11.8 Å². The van der Waals surface area contributed by atoms with Gasteiger partial charge in [0.2, 0.25) is 0 Å². The van der Waals surface area contributed by atoms with E-state index in [1.54, 1.807) is 0 Å². The van der Waals surface area contributed by atoms with E-state index in [0.717, 1.165) is 24.2 Å². The van der Waals surface area contributed by atoms with E-state index < -0.39 is 37.6 Å². The first-order valence-electron chi connectivity index (χ1n) is 7.13. The molecule has 0 radical (unpaired) electrons. The van der Waals surface area contributed by atoms with Crippen LogP contribution in [0.3, 0.4) is 0 Å². The van der Waals surface area contributed by atoms with E-state index in [0.29, 0.717) is 6.54 Å². The fraction of sp³-hybridized carbons (Fsp3) is 0.846. The number of nitrogens with zero attached hydrogens (tertiary/aromatic N) is 2. The number of hydrogen-bond donors (Lipinski definition) is 2. The lowest BCUT2D eigenvalue weighted by Crippen LogP contribution is -2.51. The molecule has 0 aromatic heterocycles. The molecule has 2 N–H and O–H groups in total. The number of amides is 2. The number of carboxylic acids is 1. The number of carboxylic acid groups (broad SMARTS) is 1. The predicted molar refractivity (Wildman–Crippen MR) is 69.0 cm³/mol. The van der Waals surface area contributed by atoms with Crippen molar-refractivity contribution in [2.24, 2.45) is 11.8 Å². The molecule has 3 atom stereocenters. The molecule has 1 saturated carbocycles. The predicted octanol–water partition coefficient (Wildman–Crippen LogP) is 0.851. The zero-order chi connectivity index (χ0) is 15.6. The van der Waals surface area contributed by atoms with Crippen molar-refractivity contribution in [3.05, 3.63) is 0 Å². The molecular weight excluding hydrogens is 286 g/mol. The smallest absolute Gasteiger partial charge is 0.326 e. The molecule has 6 nitrogen and oxygen atoms in total. The number of carbonyl (C=O) groups excluding carboxylic acids is 1. The Bertz CT molecular complexity index is 408. The number of alkyl halides is 2. The summed E-state index contributed by atoms with van der Waals surface area (Å²) >= 11 is 0. The highest BCUT2D eigenvalue weighted by Crippen LogP contribution is 2.42. The van der Waals surface area contributed by atoms with Gasteiger partial charge in [0.1, 0.15) is 6.04 Å². The first-order chi connectivity index (χ1) is 9.95. The summed E-state index contributed by atoms with van der Waals surface area (Å²) in [6.45, 7) is -1.15. The van der Waals surface area contributed by atoms with Crippen molar-refractivity contribution >= 4 is 12.0 Å². The Labute approximate surface area is 121 Å². The normalized spacial score (nSPS) is 28.0. The second kappa shape index (κ2) is 6.55. The van der Waals surface area contributed by atoms with Crippen molar-refractivity contribution in [3.8, 4) is 0 Å². The van der Waals surface area contributed by atoms with Gasteiger partial charge in [-0.25, -0.2) is 18.4 Å². The molecule has 0 aromatic rings. The summed E-state index contributed by atoms with van der Waals surface area (Å²) in [7, 11) is 0. The van der Waals surface area contributed by atoms with Crippen LogP contribution < -0.4 is 0 Å². The zero-order valence-corrected chi connectivity index (χ0v) is 11.6. The lowest BCUT2D eigenvalue weighted by atomic mass is 9.94. The number of aliphatic carboxylic acids is 1. The highest BCUT2D eigenvalue weighted by Gasteiger charge is 2.50. The lowest BCUT2D eigenvalue weighted by molar-refractivity contribution is -0.142. The molecule has 8 heteroatoms. The third kappa shape index (κ3) is 3.25. The number of carbonyl (C=O) groups is 2. The molecule has 0 spiro atoms. The Kier molecular flexibility index (Phi) is 4.97. The maximum absolute atomic E-state index is 12.5. The molecule has 3 unspecified atom stereocenters. The van der Waals surface area contributed by atoms with Gasteiger partial charge in [0.15, 0.2) is 0 Å². The summed E-state index contributed by atoms with van der Waals surface area (Å²) in [4.78, 5) is 25.8. The molecular formula is C13H20F2N2O4. The Hall–Kier alpha value is -1.44. The fourth-order valence-corrected chi connectivity index (χ4v) is 3.55. The van der Waals surface area contributed by atoms with Crippen molar-refractivity contribution < 1.29 is 28.6 Å². The summed E-state index contributed by atoms with van der Waals surface area (Å²) in [6.07, 6.45) is -0.155. The van der Waals surface area contributed by atoms with E-state index in [4.69, 9.17) is 5.11 Å². The van der Waals surface area contributed by atoms with E-state index in [1.165, 1.54) is 4.90 Å². The van der Waals surface area contributed by atoms with Crippen molar-refractivity contribution in [3.63, 3.8) is 0 Å². The first-order valence-corrected chi connectivity index (χ1v) is 7.13. The summed E-state index contributed by atoms with van der Waals surface area (Å²) in [5.74, 6) is -1.04. The minimum absolute atomic E-state index is 0.0889. The molecule has 2 amide bonds. The fourth-order valence-electron chi connectivity index (χ4n) is 3.55. The molecule has 120 valence electrons. The molecule has 1 aliphatic carbocycles. The van der Waals surface area contributed by atoms with Gasteiger partial charge >= 0.3 is 12.0 Å². The Balaban J connectivity index is 2.14. The van der Waals surface area contributed by atoms with Crippen molar-refractivity contribution in [1.29, 1.82) is 0 Å². The Morgan fingerprint density at radius 2 is 2.05 bits per heavy atom. The Morgan fingerprint density at radius 3 is 2.62 bits per heavy atom. The van der Waals surface area contributed by atoms with E-state index >= 15 is 0 Å². The second-order valence-corrected chi connectivity index (χ2v) is 5.63. The maximum Gasteiger partial charge on any atom is 0.326 e. The quantitative estimate of drug-likeness (QED) is 0.789. The third-order valence-electron chi connectivity index (χ3n) is 4.39. The van der Waals surface area contributed by atoms with E-state index in [9.17, 15) is 23.5 Å². The number of halogens is 2. The second-order valence-electron chi connectivity index (χ2n) is 5.63. The van der Waals surface area contributed by atoms with Gasteiger partial charge in [-0.1, -0.05) is 6.42 Å². The topological polar surface area (TPSA) is 81.1 Å². The number of rotatable bonds is 5. The number of aliphatic hydroxyl groups is 1. The van der Waals surface area contributed by atoms with Gasteiger partial charge in [-0.3, -0.25) is 0 Å². The zero-order valence-electron chi connectivity index (χ0n) is 11.6. The van der Waals surface area contributed by atoms with Gasteiger partial charge in [-0.2, -0.15) is 0 Å². The number of aliphatic hydroxyl groups excluding tert-OH is 1. The maximum atomic E-state index is 12.5. The molecule has 1 aliphatic heterocycles. The molecule has 2 fully saturated rings. The van der Waals surface area contributed by atoms with Crippen molar-refractivity contribution in [2.75, 3.05) is 26.2 Å². The van der Waals surface area contributed by atoms with Gasteiger partial charge < -0.3 is 20.0 Å². The molecule has 2 aliphatic rings.